The zero-order valence-electron chi connectivity index (χ0n) is 12.7. The van der Waals surface area contributed by atoms with Gasteiger partial charge in [0.05, 0.1) is 16.8 Å². The molecule has 2 heterocycles. The van der Waals surface area contributed by atoms with Crippen LogP contribution in [0, 0.1) is 0 Å². The van der Waals surface area contributed by atoms with Crippen LogP contribution in [0.5, 0.6) is 0 Å². The van der Waals surface area contributed by atoms with Gasteiger partial charge < -0.3 is 0 Å². The van der Waals surface area contributed by atoms with Crippen LogP contribution in [0.3, 0.4) is 0 Å². The van der Waals surface area contributed by atoms with Gasteiger partial charge >= 0.3 is 0 Å². The number of nitrogens with zero attached hydrogens (tertiary/aromatic N) is 3. The van der Waals surface area contributed by atoms with Crippen LogP contribution in [0.4, 0.5) is 5.69 Å². The first-order valence-electron chi connectivity index (χ1n) is 7.24. The summed E-state index contributed by atoms with van der Waals surface area (Å²) in [6, 6.07) is 11.1. The fraction of sp³-hybridized carbons (Fsp3) is 0.0556. The molecule has 1 saturated heterocycles. The van der Waals surface area contributed by atoms with Crippen LogP contribution in [-0.4, -0.2) is 27.5 Å². The number of benzene rings is 1. The Morgan fingerprint density at radius 3 is 2.83 bits per heavy atom. The highest BCUT2D eigenvalue weighted by atomic mass is 35.5. The van der Waals surface area contributed by atoms with Gasteiger partial charge in [-0.3, -0.25) is 14.7 Å². The summed E-state index contributed by atoms with van der Waals surface area (Å²) in [5.41, 5.74) is 1.50. The minimum absolute atomic E-state index is 0.109. The molecular formula is C18H14ClN3OS. The smallest absolute Gasteiger partial charge is 0.267 e. The maximum absolute atomic E-state index is 12.7. The van der Waals surface area contributed by atoms with Crippen molar-refractivity contribution in [1.29, 1.82) is 0 Å². The Morgan fingerprint density at radius 1 is 1.29 bits per heavy atom. The van der Waals surface area contributed by atoms with Crippen molar-refractivity contribution >= 4 is 46.2 Å². The van der Waals surface area contributed by atoms with Crippen LogP contribution < -0.4 is 0 Å². The number of carbonyl (C=O) groups is 1. The van der Waals surface area contributed by atoms with Crippen molar-refractivity contribution in [3.63, 3.8) is 0 Å². The van der Waals surface area contributed by atoms with Crippen molar-refractivity contribution < 1.29 is 4.79 Å². The number of carbonyl (C=O) groups excluding carboxylic acids is 1. The predicted molar refractivity (Wildman–Crippen MR) is 100 cm³/mol. The number of aliphatic imine (C=N–C) groups is 1. The van der Waals surface area contributed by atoms with Gasteiger partial charge in [0.25, 0.3) is 5.91 Å². The third-order valence-corrected chi connectivity index (χ3v) is 4.61. The van der Waals surface area contributed by atoms with E-state index in [2.05, 4.69) is 16.6 Å². The van der Waals surface area contributed by atoms with E-state index in [-0.39, 0.29) is 5.91 Å². The molecule has 0 spiro atoms. The van der Waals surface area contributed by atoms with Crippen molar-refractivity contribution in [1.82, 2.24) is 9.88 Å². The molecule has 1 aromatic carbocycles. The second kappa shape index (κ2) is 7.47. The largest absolute Gasteiger partial charge is 0.283 e. The van der Waals surface area contributed by atoms with E-state index in [1.54, 1.807) is 41.6 Å². The van der Waals surface area contributed by atoms with E-state index < -0.39 is 0 Å². The zero-order valence-corrected chi connectivity index (χ0v) is 14.3. The molecule has 0 bridgehead atoms. The monoisotopic (exact) mass is 355 g/mol. The molecule has 3 rings (SSSR count). The molecule has 0 radical (unpaired) electrons. The normalized spacial score (nSPS) is 17.7. The van der Waals surface area contributed by atoms with Gasteiger partial charge in [-0.15, -0.1) is 6.58 Å². The van der Waals surface area contributed by atoms with E-state index in [0.29, 0.717) is 27.3 Å². The van der Waals surface area contributed by atoms with Crippen molar-refractivity contribution in [3.05, 3.63) is 76.9 Å². The van der Waals surface area contributed by atoms with Gasteiger partial charge in [0.15, 0.2) is 5.17 Å². The summed E-state index contributed by atoms with van der Waals surface area (Å²) in [7, 11) is 0. The molecule has 0 unspecified atom stereocenters. The van der Waals surface area contributed by atoms with Crippen LogP contribution in [-0.2, 0) is 4.79 Å². The lowest BCUT2D eigenvalue weighted by Crippen LogP contribution is -2.29. The first-order valence-corrected chi connectivity index (χ1v) is 8.44. The first kappa shape index (κ1) is 16.5. The van der Waals surface area contributed by atoms with Crippen LogP contribution in [0.15, 0.2) is 71.3 Å². The fourth-order valence-electron chi connectivity index (χ4n) is 2.15. The summed E-state index contributed by atoms with van der Waals surface area (Å²) in [6.45, 7) is 4.11. The third-order valence-electron chi connectivity index (χ3n) is 3.26. The van der Waals surface area contributed by atoms with E-state index >= 15 is 0 Å². The van der Waals surface area contributed by atoms with E-state index in [1.807, 2.05) is 24.3 Å². The van der Waals surface area contributed by atoms with Crippen LogP contribution in [0.2, 0.25) is 5.02 Å². The summed E-state index contributed by atoms with van der Waals surface area (Å²) in [6.07, 6.45) is 6.80. The van der Waals surface area contributed by atoms with Crippen molar-refractivity contribution in [2.45, 2.75) is 0 Å². The Bertz CT molecular complexity index is 833. The van der Waals surface area contributed by atoms with Gasteiger partial charge in [-0.2, -0.15) is 0 Å². The minimum atomic E-state index is -0.109. The van der Waals surface area contributed by atoms with Gasteiger partial charge in [0.1, 0.15) is 0 Å². The van der Waals surface area contributed by atoms with E-state index in [0.717, 1.165) is 5.56 Å². The summed E-state index contributed by atoms with van der Waals surface area (Å²) >= 11 is 7.50. The maximum atomic E-state index is 12.7. The summed E-state index contributed by atoms with van der Waals surface area (Å²) in [5, 5.41) is 1.21. The molecule has 4 nitrogen and oxygen atoms in total. The molecule has 24 heavy (non-hydrogen) atoms. The number of amidine groups is 1. The average molecular weight is 356 g/mol. The van der Waals surface area contributed by atoms with E-state index in [9.17, 15) is 4.79 Å². The van der Waals surface area contributed by atoms with Crippen LogP contribution >= 0.6 is 23.4 Å². The number of thioether (sulfide) groups is 1. The molecule has 120 valence electrons. The number of amides is 1. The zero-order chi connectivity index (χ0) is 16.9. The van der Waals surface area contributed by atoms with E-state index in [4.69, 9.17) is 11.6 Å². The molecule has 0 aliphatic carbocycles. The molecule has 1 aliphatic heterocycles. The molecule has 1 aromatic heterocycles. The van der Waals surface area contributed by atoms with Crippen molar-refractivity contribution in [2.75, 3.05) is 6.54 Å². The second-order valence-corrected chi connectivity index (χ2v) is 6.36. The molecule has 1 amide bonds. The molecule has 6 heteroatoms. The standard InChI is InChI=1S/C18H14ClN3OS/c1-2-10-22-17(23)16(11-13-6-3-4-8-15(13)19)24-18(22)21-14-7-5-9-20-12-14/h2-9,11-12H,1,10H2/b16-11-,21-18?. The number of pyridine rings is 1. The van der Waals surface area contributed by atoms with Gasteiger partial charge in [-0.05, 0) is 41.6 Å². The first-order chi connectivity index (χ1) is 11.7. The maximum Gasteiger partial charge on any atom is 0.267 e. The molecule has 0 N–H and O–H groups in total. The lowest BCUT2D eigenvalue weighted by molar-refractivity contribution is -0.121. The molecule has 0 saturated carbocycles. The Morgan fingerprint density at radius 2 is 2.12 bits per heavy atom. The Labute approximate surface area is 149 Å². The van der Waals surface area contributed by atoms with Gasteiger partial charge in [0.2, 0.25) is 0 Å². The van der Waals surface area contributed by atoms with Crippen LogP contribution in [0.25, 0.3) is 6.08 Å². The molecule has 1 fully saturated rings. The van der Waals surface area contributed by atoms with Gasteiger partial charge in [0, 0.05) is 17.8 Å². The summed E-state index contributed by atoms with van der Waals surface area (Å²) < 4.78 is 0. The predicted octanol–water partition coefficient (Wildman–Crippen LogP) is 4.53. The topological polar surface area (TPSA) is 45.6 Å². The Hall–Kier alpha value is -2.37. The Kier molecular flexibility index (Phi) is 5.13. The fourth-order valence-corrected chi connectivity index (χ4v) is 3.33. The number of hydrogen-bond donors (Lipinski definition) is 0. The second-order valence-electron chi connectivity index (χ2n) is 4.94. The lowest BCUT2D eigenvalue weighted by atomic mass is 10.2. The number of halogens is 1. The van der Waals surface area contributed by atoms with Crippen molar-refractivity contribution in [2.24, 2.45) is 4.99 Å². The van der Waals surface area contributed by atoms with Gasteiger partial charge in [-0.25, -0.2) is 4.99 Å². The minimum Gasteiger partial charge on any atom is -0.283 e. The third kappa shape index (κ3) is 3.58. The lowest BCUT2D eigenvalue weighted by Gasteiger charge is -2.12. The Balaban J connectivity index is 1.97. The number of rotatable bonds is 4. The summed E-state index contributed by atoms with van der Waals surface area (Å²) in [5.74, 6) is -0.109. The summed E-state index contributed by atoms with van der Waals surface area (Å²) in [4.78, 5) is 23.4. The highest BCUT2D eigenvalue weighted by Crippen LogP contribution is 2.34. The quantitative estimate of drug-likeness (QED) is 0.598. The highest BCUT2D eigenvalue weighted by Gasteiger charge is 2.32. The van der Waals surface area contributed by atoms with Gasteiger partial charge in [-0.1, -0.05) is 35.9 Å². The molecule has 2 aromatic rings. The highest BCUT2D eigenvalue weighted by molar-refractivity contribution is 8.18. The molecule has 1 aliphatic rings. The van der Waals surface area contributed by atoms with Crippen LogP contribution in [0.1, 0.15) is 5.56 Å². The molecular weight excluding hydrogens is 342 g/mol. The number of aromatic nitrogens is 1. The van der Waals surface area contributed by atoms with E-state index in [1.165, 1.54) is 11.8 Å². The molecule has 0 atom stereocenters. The SMILES string of the molecule is C=CCN1C(=O)/C(=C/c2ccccc2Cl)SC1=Nc1cccnc1. The average Bonchev–Trinajstić information content (AvgIpc) is 2.87. The van der Waals surface area contributed by atoms with Crippen molar-refractivity contribution in [3.8, 4) is 0 Å². The number of hydrogen-bond acceptors (Lipinski definition) is 4.